The van der Waals surface area contributed by atoms with E-state index < -0.39 is 8.07 Å². The molecule has 1 heteroatoms. The molecule has 0 spiro atoms. The van der Waals surface area contributed by atoms with Crippen LogP contribution in [0.3, 0.4) is 0 Å². The Bertz CT molecular complexity index is 574. The average Bonchev–Trinajstić information content (AvgIpc) is 2.28. The topological polar surface area (TPSA) is 0 Å². The van der Waals surface area contributed by atoms with Crippen molar-refractivity contribution in [1.82, 2.24) is 0 Å². The van der Waals surface area contributed by atoms with Gasteiger partial charge in [0.05, 0.1) is 0 Å². The van der Waals surface area contributed by atoms with E-state index in [1.54, 1.807) is 0 Å². The Hall–Kier alpha value is -1.52. The van der Waals surface area contributed by atoms with Crippen LogP contribution < -0.4 is 0 Å². The predicted octanol–water partition coefficient (Wildman–Crippen LogP) is 4.26. The summed E-state index contributed by atoms with van der Waals surface area (Å²) in [5, 5.41) is 2.64. The van der Waals surface area contributed by atoms with Crippen molar-refractivity contribution >= 4 is 18.8 Å². The van der Waals surface area contributed by atoms with E-state index in [1.165, 1.54) is 16.3 Å². The van der Waals surface area contributed by atoms with Crippen LogP contribution in [0.25, 0.3) is 10.8 Å². The fraction of sp³-hybridized carbons (Fsp3) is 0.250. The molecule has 0 bridgehead atoms. The fourth-order valence-corrected chi connectivity index (χ4v) is 2.47. The second-order valence-corrected chi connectivity index (χ2v) is 10.1. The number of benzene rings is 2. The first-order valence-electron chi connectivity index (χ1n) is 6.03. The van der Waals surface area contributed by atoms with Crippen molar-refractivity contribution in [3.05, 3.63) is 48.0 Å². The van der Waals surface area contributed by atoms with Gasteiger partial charge in [0.1, 0.15) is 8.07 Å². The molecule has 17 heavy (non-hydrogen) atoms. The van der Waals surface area contributed by atoms with Gasteiger partial charge in [0.15, 0.2) is 0 Å². The van der Waals surface area contributed by atoms with E-state index in [1.807, 2.05) is 0 Å². The van der Waals surface area contributed by atoms with Crippen molar-refractivity contribution in [2.75, 3.05) is 0 Å². The maximum absolute atomic E-state index is 3.42. The van der Waals surface area contributed by atoms with Crippen LogP contribution in [0.4, 0.5) is 0 Å². The highest BCUT2D eigenvalue weighted by Gasteiger charge is 2.07. The minimum atomic E-state index is -1.24. The summed E-state index contributed by atoms with van der Waals surface area (Å²) in [7, 11) is -1.24. The van der Waals surface area contributed by atoms with Crippen molar-refractivity contribution in [3.8, 4) is 11.5 Å². The van der Waals surface area contributed by atoms with Gasteiger partial charge in [-0.25, -0.2) is 0 Å². The Kier molecular flexibility index (Phi) is 3.35. The second-order valence-electron chi connectivity index (χ2n) is 5.37. The zero-order chi connectivity index (χ0) is 12.3. The molecule has 0 heterocycles. The van der Waals surface area contributed by atoms with Gasteiger partial charge >= 0.3 is 0 Å². The highest BCUT2D eigenvalue weighted by atomic mass is 28.3. The Morgan fingerprint density at radius 1 is 0.941 bits per heavy atom. The van der Waals surface area contributed by atoms with Crippen LogP contribution in [0.2, 0.25) is 19.6 Å². The fourth-order valence-electron chi connectivity index (χ4n) is 1.85. The molecular weight excluding hydrogens is 220 g/mol. The molecule has 2 aromatic carbocycles. The van der Waals surface area contributed by atoms with Crippen molar-refractivity contribution in [3.63, 3.8) is 0 Å². The van der Waals surface area contributed by atoms with Gasteiger partial charge in [-0.3, -0.25) is 0 Å². The van der Waals surface area contributed by atoms with Gasteiger partial charge in [-0.1, -0.05) is 62.1 Å². The molecule has 2 rings (SSSR count). The second kappa shape index (κ2) is 4.77. The lowest BCUT2D eigenvalue weighted by molar-refractivity contribution is 1.36. The number of rotatable bonds is 1. The number of hydrogen-bond acceptors (Lipinski definition) is 0. The highest BCUT2D eigenvalue weighted by molar-refractivity contribution is 6.83. The van der Waals surface area contributed by atoms with Crippen LogP contribution in [-0.2, 0) is 6.42 Å². The van der Waals surface area contributed by atoms with E-state index in [9.17, 15) is 0 Å². The summed E-state index contributed by atoms with van der Waals surface area (Å²) >= 11 is 0. The van der Waals surface area contributed by atoms with E-state index in [2.05, 4.69) is 73.6 Å². The molecule has 0 aliphatic carbocycles. The lowest BCUT2D eigenvalue weighted by Gasteiger charge is -2.05. The minimum Gasteiger partial charge on any atom is -0.132 e. The van der Waals surface area contributed by atoms with Crippen molar-refractivity contribution in [1.29, 1.82) is 0 Å². The van der Waals surface area contributed by atoms with Crippen LogP contribution >= 0.6 is 0 Å². The molecular formula is C16H18Si. The van der Waals surface area contributed by atoms with Crippen LogP contribution in [0.1, 0.15) is 5.56 Å². The van der Waals surface area contributed by atoms with Gasteiger partial charge in [-0.2, -0.15) is 0 Å². The molecule has 0 N–H and O–H groups in total. The number of fused-ring (bicyclic) bond motifs is 1. The number of hydrogen-bond donors (Lipinski definition) is 0. The summed E-state index contributed by atoms with van der Waals surface area (Å²) in [5.74, 6) is 3.35. The Morgan fingerprint density at radius 2 is 1.65 bits per heavy atom. The van der Waals surface area contributed by atoms with E-state index in [0.29, 0.717) is 0 Å². The Morgan fingerprint density at radius 3 is 2.41 bits per heavy atom. The molecule has 0 radical (unpaired) electrons. The third-order valence-corrected chi connectivity index (χ3v) is 3.55. The van der Waals surface area contributed by atoms with E-state index in [4.69, 9.17) is 0 Å². The molecule has 2 aromatic rings. The van der Waals surface area contributed by atoms with Crippen LogP contribution in [-0.4, -0.2) is 8.07 Å². The van der Waals surface area contributed by atoms with E-state index in [0.717, 1.165) is 6.42 Å². The summed E-state index contributed by atoms with van der Waals surface area (Å²) in [5.41, 5.74) is 4.77. The molecule has 0 aromatic heterocycles. The normalized spacial score (nSPS) is 11.0. The predicted molar refractivity (Wildman–Crippen MR) is 78.8 cm³/mol. The van der Waals surface area contributed by atoms with Gasteiger partial charge in [0.2, 0.25) is 0 Å². The first-order chi connectivity index (χ1) is 8.06. The Labute approximate surface area is 105 Å². The van der Waals surface area contributed by atoms with E-state index >= 15 is 0 Å². The lowest BCUT2D eigenvalue weighted by atomic mass is 10.0. The summed E-state index contributed by atoms with van der Waals surface area (Å²) in [6.07, 6.45) is 0.867. The lowest BCUT2D eigenvalue weighted by Crippen LogP contribution is -2.16. The molecule has 86 valence electrons. The van der Waals surface area contributed by atoms with Crippen LogP contribution in [0, 0.1) is 11.5 Å². The molecule has 0 atom stereocenters. The van der Waals surface area contributed by atoms with Gasteiger partial charge < -0.3 is 0 Å². The van der Waals surface area contributed by atoms with Crippen molar-refractivity contribution in [2.45, 2.75) is 26.1 Å². The minimum absolute atomic E-state index is 0.867. The maximum Gasteiger partial charge on any atom is 0.129 e. The smallest absolute Gasteiger partial charge is 0.129 e. The molecule has 0 saturated heterocycles. The summed E-state index contributed by atoms with van der Waals surface area (Å²) in [6.45, 7) is 6.84. The monoisotopic (exact) mass is 238 g/mol. The molecule has 0 unspecified atom stereocenters. The maximum atomic E-state index is 3.42. The van der Waals surface area contributed by atoms with Gasteiger partial charge in [-0.05, 0) is 16.3 Å². The largest absolute Gasteiger partial charge is 0.132 e. The summed E-state index contributed by atoms with van der Waals surface area (Å²) < 4.78 is 0. The first kappa shape index (κ1) is 11.9. The Balaban J connectivity index is 2.33. The summed E-state index contributed by atoms with van der Waals surface area (Å²) in [4.78, 5) is 0. The van der Waals surface area contributed by atoms with Crippen molar-refractivity contribution < 1.29 is 0 Å². The third-order valence-electron chi connectivity index (χ3n) is 2.62. The standard InChI is InChI=1S/C16H18Si/c1-17(2,3)13-7-11-15-10-6-9-14-8-4-5-12-16(14)15/h4-6,8-10,12H,11H2,1-3H3. The zero-order valence-corrected chi connectivity index (χ0v) is 11.7. The third kappa shape index (κ3) is 3.21. The molecule has 0 aliphatic heterocycles. The highest BCUT2D eigenvalue weighted by Crippen LogP contribution is 2.18. The SMILES string of the molecule is C[Si](C)(C)C#CCc1cccc2ccccc12. The molecule has 0 saturated carbocycles. The molecule has 0 amide bonds. The van der Waals surface area contributed by atoms with E-state index in [-0.39, 0.29) is 0 Å². The van der Waals surface area contributed by atoms with Gasteiger partial charge in [0, 0.05) is 6.42 Å². The van der Waals surface area contributed by atoms with Crippen LogP contribution in [0.5, 0.6) is 0 Å². The van der Waals surface area contributed by atoms with Crippen molar-refractivity contribution in [2.24, 2.45) is 0 Å². The quantitative estimate of drug-likeness (QED) is 0.514. The van der Waals surface area contributed by atoms with Gasteiger partial charge in [0.25, 0.3) is 0 Å². The zero-order valence-electron chi connectivity index (χ0n) is 10.7. The molecule has 0 fully saturated rings. The van der Waals surface area contributed by atoms with Crippen LogP contribution in [0.15, 0.2) is 42.5 Å². The molecule has 0 aliphatic rings. The summed E-state index contributed by atoms with van der Waals surface area (Å²) in [6, 6.07) is 15.0. The van der Waals surface area contributed by atoms with Gasteiger partial charge in [-0.15, -0.1) is 11.5 Å². The molecule has 0 nitrogen and oxygen atoms in total. The average molecular weight is 238 g/mol. The first-order valence-corrected chi connectivity index (χ1v) is 9.53.